The van der Waals surface area contributed by atoms with Crippen LogP contribution < -0.4 is 4.52 Å². The smallest absolute Gasteiger partial charge is 0.367 e. The van der Waals surface area contributed by atoms with Crippen molar-refractivity contribution in [1.82, 2.24) is 0 Å². The molecule has 1 atom stereocenters. The van der Waals surface area contributed by atoms with Crippen LogP contribution in [-0.2, 0) is 9.09 Å². The Bertz CT molecular complexity index is 491. The molecule has 2 aromatic carbocycles. The lowest BCUT2D eigenvalue weighted by Crippen LogP contribution is -1.84. The topological polar surface area (TPSA) is 35.5 Å². The van der Waals surface area contributed by atoms with Crippen LogP contribution in [0, 0.1) is 0 Å². The van der Waals surface area contributed by atoms with Crippen LogP contribution in [0.5, 0.6) is 5.75 Å². The maximum Gasteiger partial charge on any atom is 0.367 e. The fraction of sp³-hybridized carbons (Fsp3) is 0.0909. The van der Waals surface area contributed by atoms with Gasteiger partial charge < -0.3 is 9.05 Å². The lowest BCUT2D eigenvalue weighted by atomic mass is 10.1. The number of hydrogen-bond acceptors (Lipinski definition) is 3. The first-order valence-corrected chi connectivity index (χ1v) is 5.77. The van der Waals surface area contributed by atoms with Crippen LogP contribution >= 0.6 is 8.25 Å². The number of benzene rings is 2. The third kappa shape index (κ3) is 2.20. The lowest BCUT2D eigenvalue weighted by Gasteiger charge is -2.07. The van der Waals surface area contributed by atoms with Crippen molar-refractivity contribution in [2.75, 3.05) is 7.11 Å². The Labute approximate surface area is 88.6 Å². The quantitative estimate of drug-likeness (QED) is 0.747. The van der Waals surface area contributed by atoms with E-state index in [-0.39, 0.29) is 0 Å². The van der Waals surface area contributed by atoms with E-state index in [0.717, 1.165) is 10.8 Å². The highest BCUT2D eigenvalue weighted by Crippen LogP contribution is 2.32. The monoisotopic (exact) mass is 222 g/mol. The Morgan fingerprint density at radius 1 is 1.07 bits per heavy atom. The molecule has 0 saturated heterocycles. The van der Waals surface area contributed by atoms with Crippen LogP contribution in [-0.4, -0.2) is 7.11 Å². The van der Waals surface area contributed by atoms with Crippen LogP contribution in [0.25, 0.3) is 10.8 Å². The van der Waals surface area contributed by atoms with E-state index < -0.39 is 8.25 Å². The predicted octanol–water partition coefficient (Wildman–Crippen LogP) is 3.25. The van der Waals surface area contributed by atoms with Crippen LogP contribution in [0.2, 0.25) is 0 Å². The summed E-state index contributed by atoms with van der Waals surface area (Å²) < 4.78 is 21.0. The van der Waals surface area contributed by atoms with E-state index in [1.807, 2.05) is 36.4 Å². The summed E-state index contributed by atoms with van der Waals surface area (Å²) in [5.74, 6) is 0.596. The molecule has 0 N–H and O–H groups in total. The molecule has 0 heterocycles. The predicted molar refractivity (Wildman–Crippen MR) is 60.6 cm³/mol. The zero-order valence-electron chi connectivity index (χ0n) is 8.27. The van der Waals surface area contributed by atoms with Crippen molar-refractivity contribution in [1.29, 1.82) is 0 Å². The van der Waals surface area contributed by atoms with Gasteiger partial charge in [-0.3, -0.25) is 0 Å². The maximum absolute atomic E-state index is 11.2. The molecular weight excluding hydrogens is 211 g/mol. The number of rotatable bonds is 3. The summed E-state index contributed by atoms with van der Waals surface area (Å²) in [6, 6.07) is 13.4. The highest BCUT2D eigenvalue weighted by Gasteiger charge is 2.03. The zero-order valence-corrected chi connectivity index (χ0v) is 9.27. The van der Waals surface area contributed by atoms with E-state index in [4.69, 9.17) is 4.52 Å². The molecule has 4 heteroatoms. The highest BCUT2D eigenvalue weighted by atomic mass is 31.1. The van der Waals surface area contributed by atoms with Gasteiger partial charge in [0.2, 0.25) is 0 Å². The van der Waals surface area contributed by atoms with Gasteiger partial charge in [0.05, 0.1) is 0 Å². The average Bonchev–Trinajstić information content (AvgIpc) is 2.29. The molecular formula is C11H11O3P. The van der Waals surface area contributed by atoms with Gasteiger partial charge >= 0.3 is 8.25 Å². The Morgan fingerprint density at radius 3 is 2.60 bits per heavy atom. The standard InChI is InChI=1S/C11H11O3P/c1-13-15(12)14-11-8-4-6-9-5-2-3-7-10(9)11/h2-8,15H,1H3. The highest BCUT2D eigenvalue weighted by molar-refractivity contribution is 7.33. The van der Waals surface area contributed by atoms with Gasteiger partial charge in [-0.1, -0.05) is 36.4 Å². The van der Waals surface area contributed by atoms with Gasteiger partial charge in [-0.25, -0.2) is 4.57 Å². The molecule has 0 bridgehead atoms. The average molecular weight is 222 g/mol. The third-order valence-electron chi connectivity index (χ3n) is 2.11. The normalized spacial score (nSPS) is 12.6. The largest absolute Gasteiger partial charge is 0.426 e. The molecule has 0 radical (unpaired) electrons. The molecule has 2 rings (SSSR count). The molecule has 0 aliphatic heterocycles. The summed E-state index contributed by atoms with van der Waals surface area (Å²) in [4.78, 5) is 0. The first-order chi connectivity index (χ1) is 7.31. The molecule has 1 unspecified atom stereocenters. The van der Waals surface area contributed by atoms with Crippen molar-refractivity contribution < 1.29 is 13.6 Å². The van der Waals surface area contributed by atoms with Gasteiger partial charge in [0.25, 0.3) is 0 Å². The second-order valence-corrected chi connectivity index (χ2v) is 4.15. The van der Waals surface area contributed by atoms with Crippen molar-refractivity contribution in [3.63, 3.8) is 0 Å². The third-order valence-corrected chi connectivity index (χ3v) is 2.83. The Balaban J connectivity index is 2.46. The van der Waals surface area contributed by atoms with E-state index in [2.05, 4.69) is 4.52 Å². The number of hydrogen-bond donors (Lipinski definition) is 0. The van der Waals surface area contributed by atoms with Gasteiger partial charge in [0.1, 0.15) is 5.75 Å². The summed E-state index contributed by atoms with van der Waals surface area (Å²) in [5.41, 5.74) is 0. The molecule has 0 spiro atoms. The lowest BCUT2D eigenvalue weighted by molar-refractivity contribution is 0.350. The van der Waals surface area contributed by atoms with Gasteiger partial charge in [0, 0.05) is 12.5 Å². The summed E-state index contributed by atoms with van der Waals surface area (Å²) >= 11 is 0. The fourth-order valence-corrected chi connectivity index (χ4v) is 1.86. The van der Waals surface area contributed by atoms with Crippen molar-refractivity contribution in [2.45, 2.75) is 0 Å². The summed E-state index contributed by atoms with van der Waals surface area (Å²) in [6.07, 6.45) is 0. The zero-order chi connectivity index (χ0) is 10.7. The van der Waals surface area contributed by atoms with Crippen LogP contribution in [0.1, 0.15) is 0 Å². The van der Waals surface area contributed by atoms with Crippen molar-refractivity contribution >= 4 is 19.0 Å². The summed E-state index contributed by atoms with van der Waals surface area (Å²) in [5, 5.41) is 2.00. The maximum atomic E-state index is 11.2. The minimum Gasteiger partial charge on any atom is -0.426 e. The van der Waals surface area contributed by atoms with Gasteiger partial charge in [-0.2, -0.15) is 0 Å². The molecule has 0 fully saturated rings. The second kappa shape index (κ2) is 4.47. The molecule has 0 aromatic heterocycles. The van der Waals surface area contributed by atoms with E-state index in [1.54, 1.807) is 6.07 Å². The number of fused-ring (bicyclic) bond motifs is 1. The molecule has 2 aromatic rings. The van der Waals surface area contributed by atoms with E-state index >= 15 is 0 Å². The minimum absolute atomic E-state index is 0.596. The SMILES string of the molecule is CO[PH](=O)Oc1cccc2ccccc12. The van der Waals surface area contributed by atoms with Gasteiger partial charge in [-0.15, -0.1) is 0 Å². The Hall–Kier alpha value is -1.31. The van der Waals surface area contributed by atoms with Crippen LogP contribution in [0.3, 0.4) is 0 Å². The minimum atomic E-state index is -2.42. The molecule has 0 aliphatic carbocycles. The molecule has 15 heavy (non-hydrogen) atoms. The summed E-state index contributed by atoms with van der Waals surface area (Å²) in [6.45, 7) is 0. The van der Waals surface area contributed by atoms with E-state index in [9.17, 15) is 4.57 Å². The van der Waals surface area contributed by atoms with Crippen LogP contribution in [0.15, 0.2) is 42.5 Å². The summed E-state index contributed by atoms with van der Waals surface area (Å²) in [7, 11) is -1.05. The van der Waals surface area contributed by atoms with Gasteiger partial charge in [0.15, 0.2) is 0 Å². The van der Waals surface area contributed by atoms with Gasteiger partial charge in [-0.05, 0) is 11.5 Å². The molecule has 3 nitrogen and oxygen atoms in total. The molecule has 0 amide bonds. The Kier molecular flexibility index (Phi) is 3.05. The van der Waals surface area contributed by atoms with E-state index in [0.29, 0.717) is 5.75 Å². The second-order valence-electron chi connectivity index (χ2n) is 3.03. The van der Waals surface area contributed by atoms with Crippen molar-refractivity contribution in [2.24, 2.45) is 0 Å². The fourth-order valence-electron chi connectivity index (χ4n) is 1.42. The van der Waals surface area contributed by atoms with Crippen molar-refractivity contribution in [3.8, 4) is 5.75 Å². The van der Waals surface area contributed by atoms with Crippen LogP contribution in [0.4, 0.5) is 0 Å². The Morgan fingerprint density at radius 2 is 1.80 bits per heavy atom. The first kappa shape index (κ1) is 10.2. The first-order valence-electron chi connectivity index (χ1n) is 4.55. The molecule has 0 aliphatic rings. The van der Waals surface area contributed by atoms with E-state index in [1.165, 1.54) is 7.11 Å². The van der Waals surface area contributed by atoms with Crippen molar-refractivity contribution in [3.05, 3.63) is 42.5 Å². The molecule has 0 saturated carbocycles. The molecule has 78 valence electrons.